The Morgan fingerprint density at radius 1 is 1.10 bits per heavy atom. The summed E-state index contributed by atoms with van der Waals surface area (Å²) < 4.78 is 0. The summed E-state index contributed by atoms with van der Waals surface area (Å²) in [6.45, 7) is 1.03. The molecular formula is C13H16Cl2N2O3. The number of rotatable bonds is 8. The van der Waals surface area contributed by atoms with Crippen LogP contribution in [-0.2, 0) is 9.59 Å². The highest BCUT2D eigenvalue weighted by atomic mass is 35.5. The number of amides is 1. The van der Waals surface area contributed by atoms with E-state index in [1.807, 2.05) is 0 Å². The predicted molar refractivity (Wildman–Crippen MR) is 79.4 cm³/mol. The van der Waals surface area contributed by atoms with Gasteiger partial charge in [0.05, 0.1) is 15.7 Å². The summed E-state index contributed by atoms with van der Waals surface area (Å²) in [4.78, 5) is 22.0. The van der Waals surface area contributed by atoms with Crippen molar-refractivity contribution < 1.29 is 14.7 Å². The van der Waals surface area contributed by atoms with E-state index >= 15 is 0 Å². The van der Waals surface area contributed by atoms with E-state index < -0.39 is 5.97 Å². The highest BCUT2D eigenvalue weighted by molar-refractivity contribution is 6.39. The number of carbonyl (C=O) groups excluding carboxylic acids is 1. The standard InChI is InChI=1S/C13H16Cl2N2O3/c14-9-3-1-4-10(15)13(9)17-11(18)6-8-16-7-2-5-12(19)20/h1,3-4,16H,2,5-8H2,(H,17,18)(H,19,20). The van der Waals surface area contributed by atoms with E-state index in [0.717, 1.165) is 0 Å². The van der Waals surface area contributed by atoms with Gasteiger partial charge in [0, 0.05) is 19.4 Å². The minimum atomic E-state index is -0.821. The van der Waals surface area contributed by atoms with Gasteiger partial charge in [-0.25, -0.2) is 0 Å². The smallest absolute Gasteiger partial charge is 0.303 e. The van der Waals surface area contributed by atoms with Crippen molar-refractivity contribution in [2.75, 3.05) is 18.4 Å². The number of carbonyl (C=O) groups is 2. The lowest BCUT2D eigenvalue weighted by atomic mass is 10.3. The molecule has 1 rings (SSSR count). The molecule has 0 saturated heterocycles. The zero-order valence-corrected chi connectivity index (χ0v) is 12.3. The Hall–Kier alpha value is -1.30. The van der Waals surface area contributed by atoms with E-state index in [1.165, 1.54) is 0 Å². The normalized spacial score (nSPS) is 10.3. The summed E-state index contributed by atoms with van der Waals surface area (Å²) in [5.74, 6) is -1.02. The number of carboxylic acid groups (broad SMARTS) is 1. The summed E-state index contributed by atoms with van der Waals surface area (Å²) in [6.07, 6.45) is 0.913. The second-order valence-corrected chi connectivity index (χ2v) is 4.96. The molecule has 0 aromatic heterocycles. The number of halogens is 2. The van der Waals surface area contributed by atoms with Crippen LogP contribution >= 0.6 is 23.2 Å². The van der Waals surface area contributed by atoms with Crippen molar-refractivity contribution in [2.24, 2.45) is 0 Å². The molecule has 7 heteroatoms. The molecule has 110 valence electrons. The summed E-state index contributed by atoms with van der Waals surface area (Å²) in [5, 5.41) is 14.9. The van der Waals surface area contributed by atoms with E-state index in [9.17, 15) is 9.59 Å². The van der Waals surface area contributed by atoms with Gasteiger partial charge in [0.1, 0.15) is 0 Å². The molecule has 1 amide bonds. The topological polar surface area (TPSA) is 78.4 Å². The van der Waals surface area contributed by atoms with Gasteiger partial charge in [-0.2, -0.15) is 0 Å². The Balaban J connectivity index is 2.25. The van der Waals surface area contributed by atoms with Gasteiger partial charge >= 0.3 is 5.97 Å². The zero-order chi connectivity index (χ0) is 15.0. The number of hydrogen-bond donors (Lipinski definition) is 3. The van der Waals surface area contributed by atoms with E-state index in [1.54, 1.807) is 18.2 Å². The molecule has 0 saturated carbocycles. The molecule has 0 spiro atoms. The Kier molecular flexibility index (Phi) is 7.36. The van der Waals surface area contributed by atoms with Crippen LogP contribution in [0.3, 0.4) is 0 Å². The molecule has 0 atom stereocenters. The average molecular weight is 319 g/mol. The molecule has 3 N–H and O–H groups in total. The van der Waals surface area contributed by atoms with E-state index in [2.05, 4.69) is 10.6 Å². The fraction of sp³-hybridized carbons (Fsp3) is 0.385. The molecule has 0 aliphatic rings. The fourth-order valence-corrected chi connectivity index (χ4v) is 2.00. The summed E-state index contributed by atoms with van der Waals surface area (Å²) in [6, 6.07) is 4.99. The van der Waals surface area contributed by atoms with Crippen LogP contribution in [0.15, 0.2) is 18.2 Å². The minimum absolute atomic E-state index is 0.119. The number of para-hydroxylation sites is 1. The Morgan fingerprint density at radius 2 is 1.75 bits per heavy atom. The van der Waals surface area contributed by atoms with Gasteiger partial charge in [0.25, 0.3) is 0 Å². The monoisotopic (exact) mass is 318 g/mol. The van der Waals surface area contributed by atoms with E-state index in [0.29, 0.717) is 35.2 Å². The van der Waals surface area contributed by atoms with Gasteiger partial charge in [0.2, 0.25) is 5.91 Å². The molecule has 1 aromatic carbocycles. The molecule has 0 aliphatic heterocycles. The maximum atomic E-state index is 11.7. The summed E-state index contributed by atoms with van der Waals surface area (Å²) in [5.41, 5.74) is 0.409. The Bertz CT molecular complexity index is 460. The van der Waals surface area contributed by atoms with Gasteiger partial charge in [-0.05, 0) is 25.1 Å². The van der Waals surface area contributed by atoms with Crippen molar-refractivity contribution in [1.29, 1.82) is 0 Å². The van der Waals surface area contributed by atoms with Crippen LogP contribution in [0.2, 0.25) is 10.0 Å². The average Bonchev–Trinajstić information content (AvgIpc) is 2.38. The van der Waals surface area contributed by atoms with Crippen molar-refractivity contribution in [3.8, 4) is 0 Å². The third kappa shape index (κ3) is 6.23. The Labute approximate surface area is 127 Å². The first-order valence-electron chi connectivity index (χ1n) is 6.17. The SMILES string of the molecule is O=C(O)CCCNCCC(=O)Nc1c(Cl)cccc1Cl. The number of carboxylic acids is 1. The predicted octanol–water partition coefficient (Wildman–Crippen LogP) is 2.78. The zero-order valence-electron chi connectivity index (χ0n) is 10.8. The van der Waals surface area contributed by atoms with Crippen LogP contribution < -0.4 is 10.6 Å². The molecule has 0 unspecified atom stereocenters. The van der Waals surface area contributed by atoms with Crippen molar-refractivity contribution in [1.82, 2.24) is 5.32 Å². The molecular weight excluding hydrogens is 303 g/mol. The lowest BCUT2D eigenvalue weighted by molar-refractivity contribution is -0.137. The van der Waals surface area contributed by atoms with Gasteiger partial charge in [0.15, 0.2) is 0 Å². The maximum Gasteiger partial charge on any atom is 0.303 e. The second-order valence-electron chi connectivity index (χ2n) is 4.14. The van der Waals surface area contributed by atoms with Gasteiger partial charge in [-0.15, -0.1) is 0 Å². The van der Waals surface area contributed by atoms with Crippen LogP contribution in [0.1, 0.15) is 19.3 Å². The number of benzene rings is 1. The molecule has 0 fully saturated rings. The minimum Gasteiger partial charge on any atom is -0.481 e. The van der Waals surface area contributed by atoms with Gasteiger partial charge in [-0.1, -0.05) is 29.3 Å². The maximum absolute atomic E-state index is 11.7. The highest BCUT2D eigenvalue weighted by Crippen LogP contribution is 2.29. The highest BCUT2D eigenvalue weighted by Gasteiger charge is 2.09. The molecule has 0 bridgehead atoms. The third-order valence-electron chi connectivity index (χ3n) is 2.50. The van der Waals surface area contributed by atoms with Crippen molar-refractivity contribution in [2.45, 2.75) is 19.3 Å². The quantitative estimate of drug-likeness (QED) is 0.644. The number of anilines is 1. The molecule has 20 heavy (non-hydrogen) atoms. The fourth-order valence-electron chi connectivity index (χ4n) is 1.51. The van der Waals surface area contributed by atoms with Crippen LogP contribution in [-0.4, -0.2) is 30.1 Å². The summed E-state index contributed by atoms with van der Waals surface area (Å²) in [7, 11) is 0. The van der Waals surface area contributed by atoms with Crippen molar-refractivity contribution >= 4 is 40.8 Å². The lowest BCUT2D eigenvalue weighted by Gasteiger charge is -2.09. The van der Waals surface area contributed by atoms with Crippen LogP contribution in [0.5, 0.6) is 0 Å². The first-order chi connectivity index (χ1) is 9.50. The Morgan fingerprint density at radius 3 is 2.35 bits per heavy atom. The summed E-state index contributed by atoms with van der Waals surface area (Å²) >= 11 is 11.9. The third-order valence-corrected chi connectivity index (χ3v) is 3.13. The molecule has 1 aromatic rings. The lowest BCUT2D eigenvalue weighted by Crippen LogP contribution is -2.23. The molecule has 0 radical (unpaired) electrons. The molecule has 0 heterocycles. The van der Waals surface area contributed by atoms with Gasteiger partial charge in [-0.3, -0.25) is 9.59 Å². The van der Waals surface area contributed by atoms with E-state index in [4.69, 9.17) is 28.3 Å². The van der Waals surface area contributed by atoms with Crippen LogP contribution in [0.4, 0.5) is 5.69 Å². The van der Waals surface area contributed by atoms with Crippen LogP contribution in [0, 0.1) is 0 Å². The van der Waals surface area contributed by atoms with Crippen LogP contribution in [0.25, 0.3) is 0 Å². The van der Waals surface area contributed by atoms with E-state index in [-0.39, 0.29) is 18.7 Å². The second kappa shape index (κ2) is 8.79. The number of nitrogens with one attached hydrogen (secondary N) is 2. The number of hydrogen-bond acceptors (Lipinski definition) is 3. The number of aliphatic carboxylic acids is 1. The first kappa shape index (κ1) is 16.8. The van der Waals surface area contributed by atoms with Crippen molar-refractivity contribution in [3.05, 3.63) is 28.2 Å². The molecule has 0 aliphatic carbocycles. The largest absolute Gasteiger partial charge is 0.481 e. The molecule has 5 nitrogen and oxygen atoms in total. The first-order valence-corrected chi connectivity index (χ1v) is 6.92. The van der Waals surface area contributed by atoms with Gasteiger partial charge < -0.3 is 15.7 Å². The van der Waals surface area contributed by atoms with Crippen molar-refractivity contribution in [3.63, 3.8) is 0 Å².